The second kappa shape index (κ2) is 10.0. The van der Waals surface area contributed by atoms with Gasteiger partial charge in [-0.1, -0.05) is 31.6 Å². The number of allylic oxidation sites excluding steroid dienone is 2. The summed E-state index contributed by atoms with van der Waals surface area (Å²) in [5.41, 5.74) is 0.240. The van der Waals surface area contributed by atoms with E-state index in [1.54, 1.807) is 42.2 Å². The van der Waals surface area contributed by atoms with Crippen LogP contribution in [0.15, 0.2) is 54.1 Å². The molecule has 7 atom stereocenters. The van der Waals surface area contributed by atoms with Crippen molar-refractivity contribution in [2.24, 2.45) is 30.7 Å². The van der Waals surface area contributed by atoms with Crippen LogP contribution in [-0.4, -0.2) is 62.4 Å². The predicted octanol–water partition coefficient (Wildman–Crippen LogP) is 2.71. The lowest BCUT2D eigenvalue weighted by Gasteiger charge is -2.43. The van der Waals surface area contributed by atoms with E-state index in [0.29, 0.717) is 12.1 Å². The van der Waals surface area contributed by atoms with Crippen LogP contribution in [0.3, 0.4) is 0 Å². The van der Waals surface area contributed by atoms with Gasteiger partial charge in [0.1, 0.15) is 11.7 Å². The number of ether oxygens (including phenoxy) is 3. The van der Waals surface area contributed by atoms with Crippen molar-refractivity contribution in [2.45, 2.75) is 57.7 Å². The van der Waals surface area contributed by atoms with E-state index in [0.717, 1.165) is 5.57 Å². The topological polar surface area (TPSA) is 120 Å². The van der Waals surface area contributed by atoms with Gasteiger partial charge in [0, 0.05) is 19.3 Å². The lowest BCUT2D eigenvalue weighted by Crippen LogP contribution is -2.47. The Morgan fingerprint density at radius 2 is 2.03 bits per heavy atom. The predicted molar refractivity (Wildman–Crippen MR) is 135 cm³/mol. The number of carbonyl (C=O) groups excluding carboxylic acids is 2. The molecule has 3 heterocycles. The molecule has 0 saturated heterocycles. The van der Waals surface area contributed by atoms with Crippen molar-refractivity contribution >= 4 is 18.0 Å². The molecule has 0 aromatic carbocycles. The first-order valence-electron chi connectivity index (χ1n) is 12.5. The molecule has 5 unspecified atom stereocenters. The molecule has 0 fully saturated rings. The number of hydrogen-bond donors (Lipinski definition) is 2. The Labute approximate surface area is 217 Å². The second-order valence-corrected chi connectivity index (χ2v) is 10.8. The Balaban J connectivity index is 1.76. The van der Waals surface area contributed by atoms with E-state index < -0.39 is 35.5 Å². The molecule has 1 aromatic heterocycles. The Kier molecular flexibility index (Phi) is 7.34. The third kappa shape index (κ3) is 5.21. The number of aliphatic hydroxyl groups is 2. The van der Waals surface area contributed by atoms with Gasteiger partial charge < -0.3 is 29.0 Å². The molecule has 0 radical (unpaired) electrons. The van der Waals surface area contributed by atoms with E-state index in [9.17, 15) is 19.8 Å². The SMILES string of the molecule is COC(=O)/C1=C/C2C(CC(OC(=O)/C=C/c3cn(C)cn3)[C@]3(C)C=C[C@@]1(O)O3)C(C)=CC(O)C2C(C)C. The van der Waals surface area contributed by atoms with Crippen LogP contribution < -0.4 is 0 Å². The summed E-state index contributed by atoms with van der Waals surface area (Å²) in [5.74, 6) is -4.11. The minimum absolute atomic E-state index is 0.0560. The molecule has 0 spiro atoms. The highest BCUT2D eigenvalue weighted by Crippen LogP contribution is 2.49. The van der Waals surface area contributed by atoms with Gasteiger partial charge in [-0.3, -0.25) is 0 Å². The number of rotatable bonds is 5. The number of imidazole rings is 1. The number of aryl methyl sites for hydroxylation is 1. The van der Waals surface area contributed by atoms with Crippen molar-refractivity contribution in [2.75, 3.05) is 7.11 Å². The molecule has 9 heteroatoms. The third-order valence-electron chi connectivity index (χ3n) is 7.74. The van der Waals surface area contributed by atoms with Crippen LogP contribution in [0.1, 0.15) is 39.8 Å². The monoisotopic (exact) mass is 512 g/mol. The van der Waals surface area contributed by atoms with E-state index in [2.05, 4.69) is 4.98 Å². The highest BCUT2D eigenvalue weighted by molar-refractivity contribution is 5.91. The maximum Gasteiger partial charge on any atom is 0.339 e. The Hall–Kier alpha value is -3.01. The Bertz CT molecular complexity index is 1180. The minimum atomic E-state index is -2.08. The number of carbonyl (C=O) groups is 2. The molecule has 2 bridgehead atoms. The van der Waals surface area contributed by atoms with Crippen molar-refractivity contribution in [1.82, 2.24) is 9.55 Å². The van der Waals surface area contributed by atoms with Crippen molar-refractivity contribution in [3.8, 4) is 0 Å². The van der Waals surface area contributed by atoms with Crippen LogP contribution in [0.4, 0.5) is 0 Å². The fourth-order valence-corrected chi connectivity index (χ4v) is 5.83. The molecule has 2 aliphatic heterocycles. The van der Waals surface area contributed by atoms with Gasteiger partial charge in [0.25, 0.3) is 0 Å². The zero-order chi connectivity index (χ0) is 27.1. The smallest absolute Gasteiger partial charge is 0.339 e. The summed E-state index contributed by atoms with van der Waals surface area (Å²) in [5, 5.41) is 22.5. The van der Waals surface area contributed by atoms with E-state index in [1.165, 1.54) is 19.3 Å². The lowest BCUT2D eigenvalue weighted by molar-refractivity contribution is -0.216. The summed E-state index contributed by atoms with van der Waals surface area (Å²) in [4.78, 5) is 30.0. The average Bonchev–Trinajstić information content (AvgIpc) is 3.39. The molecular weight excluding hydrogens is 476 g/mol. The molecule has 200 valence electrons. The summed E-state index contributed by atoms with van der Waals surface area (Å²) in [6.07, 6.45) is 11.6. The summed E-state index contributed by atoms with van der Waals surface area (Å²) in [6, 6.07) is 0. The summed E-state index contributed by atoms with van der Waals surface area (Å²) >= 11 is 0. The molecule has 9 nitrogen and oxygen atoms in total. The molecule has 2 N–H and O–H groups in total. The zero-order valence-electron chi connectivity index (χ0n) is 22.1. The number of aromatic nitrogens is 2. The van der Waals surface area contributed by atoms with Crippen LogP contribution >= 0.6 is 0 Å². The van der Waals surface area contributed by atoms with Crippen molar-refractivity contribution in [1.29, 1.82) is 0 Å². The van der Waals surface area contributed by atoms with Gasteiger partial charge in [0.15, 0.2) is 0 Å². The van der Waals surface area contributed by atoms with Crippen LogP contribution in [0.5, 0.6) is 0 Å². The summed E-state index contributed by atoms with van der Waals surface area (Å²) in [7, 11) is 3.08. The Morgan fingerprint density at radius 3 is 2.65 bits per heavy atom. The molecule has 1 aliphatic carbocycles. The van der Waals surface area contributed by atoms with Gasteiger partial charge in [-0.05, 0) is 62.2 Å². The van der Waals surface area contributed by atoms with Gasteiger partial charge in [0.05, 0.1) is 30.8 Å². The summed E-state index contributed by atoms with van der Waals surface area (Å²) < 4.78 is 18.8. The second-order valence-electron chi connectivity index (χ2n) is 10.8. The van der Waals surface area contributed by atoms with Crippen LogP contribution in [0, 0.1) is 23.7 Å². The fraction of sp³-hybridized carbons (Fsp3) is 0.536. The normalized spacial score (nSPS) is 36.7. The van der Waals surface area contributed by atoms with Crippen LogP contribution in [-0.2, 0) is 30.8 Å². The first-order chi connectivity index (χ1) is 17.4. The summed E-state index contributed by atoms with van der Waals surface area (Å²) in [6.45, 7) is 7.66. The number of esters is 2. The van der Waals surface area contributed by atoms with Gasteiger partial charge in [-0.25, -0.2) is 14.6 Å². The largest absolute Gasteiger partial charge is 0.466 e. The van der Waals surface area contributed by atoms with Gasteiger partial charge in [-0.15, -0.1) is 0 Å². The standard InChI is InChI=1S/C28H36N2O7/c1-16(2)25-20-12-21(26(33)35-6)28(34)10-9-27(4,37-28)23(13-19(20)17(3)11-22(25)31)36-24(32)8-7-18-14-30(5)15-29-18/h7-12,14-16,19-20,22-23,25,31,34H,13H2,1-6H3/b8-7+,21-12-/t19?,20?,22?,23?,25?,27-,28+/m0/s1. The van der Waals surface area contributed by atoms with Crippen molar-refractivity contribution in [3.63, 3.8) is 0 Å². The zero-order valence-corrected chi connectivity index (χ0v) is 22.1. The van der Waals surface area contributed by atoms with E-state index in [1.807, 2.05) is 33.9 Å². The molecule has 0 amide bonds. The highest BCUT2D eigenvalue weighted by Gasteiger charge is 2.54. The Morgan fingerprint density at radius 1 is 1.30 bits per heavy atom. The number of aliphatic hydroxyl groups excluding tert-OH is 1. The minimum Gasteiger partial charge on any atom is -0.466 e. The average molecular weight is 513 g/mol. The lowest BCUT2D eigenvalue weighted by atomic mass is 9.64. The van der Waals surface area contributed by atoms with Gasteiger partial charge in [0.2, 0.25) is 5.79 Å². The maximum atomic E-state index is 12.9. The van der Waals surface area contributed by atoms with E-state index in [-0.39, 0.29) is 29.2 Å². The maximum absolute atomic E-state index is 12.9. The number of hydrogen-bond acceptors (Lipinski definition) is 8. The van der Waals surface area contributed by atoms with E-state index in [4.69, 9.17) is 14.2 Å². The number of fused-ring (bicyclic) bond motifs is 3. The molecule has 3 aliphatic rings. The molecule has 37 heavy (non-hydrogen) atoms. The molecule has 1 aromatic rings. The molecule has 4 rings (SSSR count). The quantitative estimate of drug-likeness (QED) is 0.351. The van der Waals surface area contributed by atoms with Crippen molar-refractivity contribution < 1.29 is 34.0 Å². The van der Waals surface area contributed by atoms with Gasteiger partial charge >= 0.3 is 11.9 Å². The first-order valence-corrected chi connectivity index (χ1v) is 12.5. The number of nitrogens with zero attached hydrogens (tertiary/aromatic N) is 2. The van der Waals surface area contributed by atoms with Crippen molar-refractivity contribution in [3.05, 3.63) is 59.7 Å². The van der Waals surface area contributed by atoms with Crippen LogP contribution in [0.2, 0.25) is 0 Å². The fourth-order valence-electron chi connectivity index (χ4n) is 5.83. The first kappa shape index (κ1) is 27.0. The van der Waals surface area contributed by atoms with Crippen LogP contribution in [0.25, 0.3) is 6.08 Å². The molecular formula is C28H36N2O7. The third-order valence-corrected chi connectivity index (χ3v) is 7.74. The van der Waals surface area contributed by atoms with Gasteiger partial charge in [-0.2, -0.15) is 0 Å². The van der Waals surface area contributed by atoms with E-state index >= 15 is 0 Å². The molecule has 0 saturated carbocycles. The number of methoxy groups -OCH3 is 1. The highest BCUT2D eigenvalue weighted by atomic mass is 16.7.